The first-order chi connectivity index (χ1) is 10.6. The summed E-state index contributed by atoms with van der Waals surface area (Å²) in [6, 6.07) is 15.6. The Balaban J connectivity index is 2.06. The molecule has 0 saturated heterocycles. The lowest BCUT2D eigenvalue weighted by Crippen LogP contribution is -2.25. The van der Waals surface area contributed by atoms with E-state index in [1.807, 2.05) is 0 Å². The number of primary amides is 1. The van der Waals surface area contributed by atoms with Crippen molar-refractivity contribution < 1.29 is 14.3 Å². The Kier molecular flexibility index (Phi) is 5.33. The number of amides is 1. The van der Waals surface area contributed by atoms with E-state index >= 15 is 0 Å². The van der Waals surface area contributed by atoms with Gasteiger partial charge in [-0.2, -0.15) is 0 Å². The van der Waals surface area contributed by atoms with Gasteiger partial charge in [0.15, 0.2) is 0 Å². The van der Waals surface area contributed by atoms with Crippen LogP contribution >= 0.6 is 11.6 Å². The Labute approximate surface area is 133 Å². The molecule has 22 heavy (non-hydrogen) atoms. The zero-order valence-corrected chi connectivity index (χ0v) is 12.4. The van der Waals surface area contributed by atoms with Gasteiger partial charge in [-0.25, -0.2) is 4.79 Å². The minimum atomic E-state index is -1.11. The molecule has 0 spiro atoms. The van der Waals surface area contributed by atoms with E-state index in [4.69, 9.17) is 22.1 Å². The van der Waals surface area contributed by atoms with Crippen molar-refractivity contribution in [1.29, 1.82) is 0 Å². The third-order valence-corrected chi connectivity index (χ3v) is 3.13. The summed E-state index contributed by atoms with van der Waals surface area (Å²) in [7, 11) is 0. The quantitative estimate of drug-likeness (QED) is 0.680. The van der Waals surface area contributed by atoms with Gasteiger partial charge in [0, 0.05) is 16.7 Å². The summed E-state index contributed by atoms with van der Waals surface area (Å²) >= 11 is 5.78. The van der Waals surface area contributed by atoms with Crippen LogP contribution in [0.4, 0.5) is 0 Å². The number of carbonyl (C=O) groups is 2. The third kappa shape index (κ3) is 4.46. The number of nitrogens with two attached hydrogens (primary N) is 1. The molecule has 2 rings (SSSR count). The molecule has 1 atom stereocenters. The van der Waals surface area contributed by atoms with Gasteiger partial charge in [0.25, 0.3) is 5.91 Å². The Morgan fingerprint density at radius 2 is 1.68 bits per heavy atom. The first-order valence-electron chi connectivity index (χ1n) is 6.55. The first-order valence-corrected chi connectivity index (χ1v) is 6.92. The Morgan fingerprint density at radius 3 is 2.27 bits per heavy atom. The zero-order valence-electron chi connectivity index (χ0n) is 11.6. The number of ether oxygens (including phenoxy) is 1. The first kappa shape index (κ1) is 15.8. The third-order valence-electron chi connectivity index (χ3n) is 2.88. The van der Waals surface area contributed by atoms with E-state index in [0.717, 1.165) is 5.56 Å². The number of rotatable bonds is 5. The highest BCUT2D eigenvalue weighted by Crippen LogP contribution is 2.17. The molecule has 2 aromatic carbocycles. The van der Waals surface area contributed by atoms with Crippen LogP contribution in [0.3, 0.4) is 0 Å². The number of carbonyl (C=O) groups excluding carboxylic acids is 2. The topological polar surface area (TPSA) is 69.4 Å². The summed E-state index contributed by atoms with van der Waals surface area (Å²) < 4.78 is 5.12. The molecular weight excluding hydrogens is 302 g/mol. The van der Waals surface area contributed by atoms with Gasteiger partial charge >= 0.3 is 5.97 Å². The molecule has 0 aliphatic heterocycles. The Hall–Kier alpha value is -2.59. The molecule has 2 aromatic rings. The fourth-order valence-corrected chi connectivity index (χ4v) is 1.94. The molecular formula is C17H14ClNO3. The van der Waals surface area contributed by atoms with Crippen molar-refractivity contribution in [3.8, 4) is 0 Å². The van der Waals surface area contributed by atoms with Crippen LogP contribution in [0.15, 0.2) is 60.7 Å². The number of halogens is 1. The lowest BCUT2D eigenvalue weighted by molar-refractivity contribution is -0.150. The molecule has 112 valence electrons. The maximum absolute atomic E-state index is 11.8. The zero-order chi connectivity index (χ0) is 15.9. The molecule has 0 aliphatic rings. The predicted molar refractivity (Wildman–Crippen MR) is 85.0 cm³/mol. The Bertz CT molecular complexity index is 681. The van der Waals surface area contributed by atoms with Crippen LogP contribution in [0, 0.1) is 0 Å². The van der Waals surface area contributed by atoms with Gasteiger partial charge in [-0.3, -0.25) is 4.79 Å². The summed E-state index contributed by atoms with van der Waals surface area (Å²) in [5, 5.41) is 0.609. The van der Waals surface area contributed by atoms with E-state index in [0.29, 0.717) is 10.6 Å². The number of hydrogen-bond donors (Lipinski definition) is 1. The van der Waals surface area contributed by atoms with E-state index in [1.54, 1.807) is 60.7 Å². The summed E-state index contributed by atoms with van der Waals surface area (Å²) in [6.07, 6.45) is 1.70. The maximum atomic E-state index is 11.8. The van der Waals surface area contributed by atoms with E-state index in [-0.39, 0.29) is 0 Å². The lowest BCUT2D eigenvalue weighted by Gasteiger charge is -2.13. The van der Waals surface area contributed by atoms with Crippen molar-refractivity contribution >= 4 is 29.6 Å². The van der Waals surface area contributed by atoms with Crippen LogP contribution in [-0.2, 0) is 14.3 Å². The van der Waals surface area contributed by atoms with Crippen LogP contribution in [0.2, 0.25) is 5.02 Å². The highest BCUT2D eigenvalue weighted by Gasteiger charge is 2.21. The van der Waals surface area contributed by atoms with E-state index in [1.165, 1.54) is 6.08 Å². The molecule has 4 nitrogen and oxygen atoms in total. The van der Waals surface area contributed by atoms with Crippen LogP contribution in [0.1, 0.15) is 17.2 Å². The molecule has 0 fully saturated rings. The number of hydrogen-bond acceptors (Lipinski definition) is 3. The van der Waals surface area contributed by atoms with Crippen molar-refractivity contribution in [3.63, 3.8) is 0 Å². The average molecular weight is 316 g/mol. The van der Waals surface area contributed by atoms with Crippen LogP contribution in [0.5, 0.6) is 0 Å². The molecule has 0 aliphatic carbocycles. The molecule has 0 bridgehead atoms. The number of benzene rings is 2. The van der Waals surface area contributed by atoms with Gasteiger partial charge in [-0.05, 0) is 23.8 Å². The van der Waals surface area contributed by atoms with Gasteiger partial charge in [0.2, 0.25) is 6.10 Å². The molecule has 0 saturated carbocycles. The van der Waals surface area contributed by atoms with Crippen molar-refractivity contribution in [3.05, 3.63) is 76.8 Å². The van der Waals surface area contributed by atoms with Crippen molar-refractivity contribution in [2.24, 2.45) is 5.73 Å². The summed E-state index contributed by atoms with van der Waals surface area (Å²) in [6.45, 7) is 0. The largest absolute Gasteiger partial charge is 0.444 e. The maximum Gasteiger partial charge on any atom is 0.331 e. The standard InChI is InChI=1S/C17H14ClNO3/c18-14-9-6-12(7-10-14)8-11-15(20)22-16(17(19)21)13-4-2-1-3-5-13/h1-11,16H,(H2,19,21)/b11-8+. The fraction of sp³-hybridized carbons (Fsp3) is 0.0588. The minimum absolute atomic E-state index is 0.531. The highest BCUT2D eigenvalue weighted by atomic mass is 35.5. The van der Waals surface area contributed by atoms with Gasteiger partial charge in [0.05, 0.1) is 0 Å². The predicted octanol–water partition coefficient (Wildman–Crippen LogP) is 3.12. The van der Waals surface area contributed by atoms with E-state index < -0.39 is 18.0 Å². The molecule has 0 heterocycles. The van der Waals surface area contributed by atoms with Crippen molar-refractivity contribution in [2.75, 3.05) is 0 Å². The van der Waals surface area contributed by atoms with Gasteiger partial charge < -0.3 is 10.5 Å². The van der Waals surface area contributed by atoms with Gasteiger partial charge in [-0.1, -0.05) is 54.1 Å². The second-order valence-electron chi connectivity index (χ2n) is 4.51. The van der Waals surface area contributed by atoms with Crippen LogP contribution in [-0.4, -0.2) is 11.9 Å². The second-order valence-corrected chi connectivity index (χ2v) is 4.95. The Morgan fingerprint density at radius 1 is 1.05 bits per heavy atom. The smallest absolute Gasteiger partial charge is 0.331 e. The van der Waals surface area contributed by atoms with Crippen LogP contribution in [0.25, 0.3) is 6.08 Å². The lowest BCUT2D eigenvalue weighted by atomic mass is 10.1. The fourth-order valence-electron chi connectivity index (χ4n) is 1.81. The average Bonchev–Trinajstić information content (AvgIpc) is 2.52. The minimum Gasteiger partial charge on any atom is -0.444 e. The van der Waals surface area contributed by atoms with Crippen molar-refractivity contribution in [1.82, 2.24) is 0 Å². The monoisotopic (exact) mass is 315 g/mol. The van der Waals surface area contributed by atoms with E-state index in [2.05, 4.69) is 0 Å². The van der Waals surface area contributed by atoms with Crippen LogP contribution < -0.4 is 5.73 Å². The SMILES string of the molecule is NC(=O)C(OC(=O)/C=C/c1ccc(Cl)cc1)c1ccccc1. The van der Waals surface area contributed by atoms with Gasteiger partial charge in [0.1, 0.15) is 0 Å². The molecule has 1 amide bonds. The molecule has 0 aromatic heterocycles. The normalized spacial score (nSPS) is 12.0. The molecule has 0 radical (unpaired) electrons. The number of esters is 1. The van der Waals surface area contributed by atoms with E-state index in [9.17, 15) is 9.59 Å². The second kappa shape index (κ2) is 7.43. The van der Waals surface area contributed by atoms with Gasteiger partial charge in [-0.15, -0.1) is 0 Å². The molecule has 1 unspecified atom stereocenters. The highest BCUT2D eigenvalue weighted by molar-refractivity contribution is 6.30. The van der Waals surface area contributed by atoms with Crippen molar-refractivity contribution in [2.45, 2.75) is 6.10 Å². The molecule has 5 heteroatoms. The summed E-state index contributed by atoms with van der Waals surface area (Å²) in [4.78, 5) is 23.3. The summed E-state index contributed by atoms with van der Waals surface area (Å²) in [5.41, 5.74) is 6.61. The molecule has 2 N–H and O–H groups in total. The summed E-state index contributed by atoms with van der Waals surface area (Å²) in [5.74, 6) is -1.37.